The summed E-state index contributed by atoms with van der Waals surface area (Å²) in [6.07, 6.45) is 0. The summed E-state index contributed by atoms with van der Waals surface area (Å²) in [5.74, 6) is 2.07. The van der Waals surface area contributed by atoms with E-state index in [4.69, 9.17) is 14.7 Å². The van der Waals surface area contributed by atoms with Crippen molar-refractivity contribution in [2.75, 3.05) is 0 Å². The molecule has 0 aliphatic heterocycles. The van der Waals surface area contributed by atoms with Crippen LogP contribution in [0.3, 0.4) is 0 Å². The van der Waals surface area contributed by atoms with E-state index < -0.39 is 0 Å². The number of benzene rings is 5. The Kier molecular flexibility index (Phi) is 6.31. The van der Waals surface area contributed by atoms with Crippen LogP contribution >= 0.6 is 0 Å². The number of phenols is 1. The Balaban J connectivity index is 1.33. The van der Waals surface area contributed by atoms with E-state index in [2.05, 4.69) is 89.5 Å². The van der Waals surface area contributed by atoms with Gasteiger partial charge in [-0.1, -0.05) is 78.9 Å². The largest absolute Gasteiger partial charge is 0.506 e. The van der Waals surface area contributed by atoms with Gasteiger partial charge in [0.05, 0.1) is 16.7 Å². The highest BCUT2D eigenvalue weighted by Crippen LogP contribution is 2.38. The Bertz CT molecular complexity index is 2320. The minimum Gasteiger partial charge on any atom is -0.506 e. The third-order valence-electron chi connectivity index (χ3n) is 8.26. The molecule has 0 saturated carbocycles. The lowest BCUT2D eigenvalue weighted by Crippen LogP contribution is -2.00. The number of para-hydroxylation sites is 1. The van der Waals surface area contributed by atoms with Gasteiger partial charge in [-0.15, -0.1) is 0 Å². The van der Waals surface area contributed by atoms with Crippen molar-refractivity contribution in [3.63, 3.8) is 0 Å². The van der Waals surface area contributed by atoms with Crippen molar-refractivity contribution in [1.82, 2.24) is 14.5 Å². The molecule has 8 aromatic rings. The second-order valence-electron chi connectivity index (χ2n) is 11.4. The molecule has 0 fully saturated rings. The first-order chi connectivity index (χ1) is 22.0. The Morgan fingerprint density at radius 3 is 2.11 bits per heavy atom. The highest BCUT2D eigenvalue weighted by atomic mass is 16.5. The number of fused-ring (bicyclic) bond motifs is 4. The third-order valence-corrected chi connectivity index (χ3v) is 8.26. The SMILES string of the molecule is Cc1cc(O)c2nc(Oc3ccc4c5ccccc5n(-c5cc(-c6ccccc6)cc(-c6ccccc6)n5)c4c3)c(C)cc2c1. The van der Waals surface area contributed by atoms with E-state index in [-0.39, 0.29) is 5.75 Å². The fraction of sp³-hybridized carbons (Fsp3) is 0.0500. The number of pyridine rings is 2. The standard InChI is InChI=1S/C40H29N3O2/c1-25-19-30-21-26(2)40(42-39(30)37(44)20-25)45-31-17-18-33-32-15-9-10-16-35(32)43(36(33)24-31)38-23-29(27-11-5-3-6-12-27)22-34(41-38)28-13-7-4-8-14-28/h3-24,44H,1-2H3. The maximum atomic E-state index is 10.6. The first kappa shape index (κ1) is 26.7. The van der Waals surface area contributed by atoms with Gasteiger partial charge in [0.2, 0.25) is 5.88 Å². The van der Waals surface area contributed by atoms with E-state index in [1.54, 1.807) is 6.07 Å². The van der Waals surface area contributed by atoms with Gasteiger partial charge in [0.15, 0.2) is 0 Å². The van der Waals surface area contributed by atoms with E-state index in [1.807, 2.05) is 56.3 Å². The van der Waals surface area contributed by atoms with Crippen molar-refractivity contribution in [2.24, 2.45) is 0 Å². The molecule has 5 heteroatoms. The Morgan fingerprint density at radius 1 is 0.600 bits per heavy atom. The lowest BCUT2D eigenvalue weighted by Gasteiger charge is -2.14. The van der Waals surface area contributed by atoms with Crippen molar-refractivity contribution < 1.29 is 9.84 Å². The van der Waals surface area contributed by atoms with Crippen LogP contribution in [0.2, 0.25) is 0 Å². The van der Waals surface area contributed by atoms with Crippen molar-refractivity contribution in [3.05, 3.63) is 145 Å². The predicted molar refractivity (Wildman–Crippen MR) is 182 cm³/mol. The molecule has 216 valence electrons. The number of aromatic nitrogens is 3. The van der Waals surface area contributed by atoms with Gasteiger partial charge < -0.3 is 9.84 Å². The molecule has 0 aliphatic rings. The third kappa shape index (κ3) is 4.75. The monoisotopic (exact) mass is 583 g/mol. The lowest BCUT2D eigenvalue weighted by atomic mass is 10.0. The molecular weight excluding hydrogens is 554 g/mol. The molecule has 0 spiro atoms. The molecule has 0 radical (unpaired) electrons. The minimum atomic E-state index is 0.143. The summed E-state index contributed by atoms with van der Waals surface area (Å²) in [5, 5.41) is 13.7. The van der Waals surface area contributed by atoms with Crippen LogP contribution in [-0.2, 0) is 0 Å². The van der Waals surface area contributed by atoms with Gasteiger partial charge in [0.25, 0.3) is 0 Å². The van der Waals surface area contributed by atoms with Crippen LogP contribution in [0.5, 0.6) is 17.4 Å². The van der Waals surface area contributed by atoms with Crippen LogP contribution < -0.4 is 4.74 Å². The number of aromatic hydroxyl groups is 1. The van der Waals surface area contributed by atoms with Gasteiger partial charge in [-0.25, -0.2) is 9.97 Å². The van der Waals surface area contributed by atoms with Crippen molar-refractivity contribution in [3.8, 4) is 45.6 Å². The van der Waals surface area contributed by atoms with E-state index in [0.29, 0.717) is 17.1 Å². The smallest absolute Gasteiger partial charge is 0.222 e. The van der Waals surface area contributed by atoms with E-state index in [0.717, 1.165) is 66.5 Å². The first-order valence-corrected chi connectivity index (χ1v) is 15.0. The van der Waals surface area contributed by atoms with Gasteiger partial charge in [0.1, 0.15) is 22.8 Å². The van der Waals surface area contributed by atoms with Crippen LogP contribution in [0.25, 0.3) is 60.9 Å². The van der Waals surface area contributed by atoms with Gasteiger partial charge in [-0.05, 0) is 79.1 Å². The zero-order chi connectivity index (χ0) is 30.5. The van der Waals surface area contributed by atoms with E-state index in [1.165, 1.54) is 0 Å². The van der Waals surface area contributed by atoms with Crippen molar-refractivity contribution in [1.29, 1.82) is 0 Å². The molecule has 3 heterocycles. The number of hydrogen-bond acceptors (Lipinski definition) is 4. The topological polar surface area (TPSA) is 60.2 Å². The second kappa shape index (κ2) is 10.6. The summed E-state index contributed by atoms with van der Waals surface area (Å²) in [6, 6.07) is 45.3. The predicted octanol–water partition coefficient (Wildman–Crippen LogP) is 10.2. The van der Waals surface area contributed by atoms with Crippen LogP contribution in [0.15, 0.2) is 133 Å². The van der Waals surface area contributed by atoms with Crippen molar-refractivity contribution in [2.45, 2.75) is 13.8 Å². The molecule has 5 aromatic carbocycles. The van der Waals surface area contributed by atoms with Gasteiger partial charge in [-0.2, -0.15) is 0 Å². The van der Waals surface area contributed by atoms with Crippen LogP contribution in [-0.4, -0.2) is 19.6 Å². The van der Waals surface area contributed by atoms with E-state index >= 15 is 0 Å². The maximum absolute atomic E-state index is 10.6. The molecule has 0 bridgehead atoms. The molecule has 45 heavy (non-hydrogen) atoms. The van der Waals surface area contributed by atoms with Crippen LogP contribution in [0.1, 0.15) is 11.1 Å². The molecule has 8 rings (SSSR count). The fourth-order valence-corrected chi connectivity index (χ4v) is 6.16. The number of ether oxygens (including phenoxy) is 1. The van der Waals surface area contributed by atoms with E-state index in [9.17, 15) is 5.11 Å². The summed E-state index contributed by atoms with van der Waals surface area (Å²) < 4.78 is 8.64. The molecule has 5 nitrogen and oxygen atoms in total. The van der Waals surface area contributed by atoms with Gasteiger partial charge in [-0.3, -0.25) is 4.57 Å². The average Bonchev–Trinajstić information content (AvgIpc) is 3.39. The van der Waals surface area contributed by atoms with Crippen LogP contribution in [0.4, 0.5) is 0 Å². The average molecular weight is 584 g/mol. The second-order valence-corrected chi connectivity index (χ2v) is 11.4. The molecular formula is C40H29N3O2. The highest BCUT2D eigenvalue weighted by molar-refractivity contribution is 6.09. The highest BCUT2D eigenvalue weighted by Gasteiger charge is 2.17. The first-order valence-electron chi connectivity index (χ1n) is 15.0. The summed E-state index contributed by atoms with van der Waals surface area (Å²) in [7, 11) is 0. The van der Waals surface area contributed by atoms with Crippen LogP contribution in [0, 0.1) is 13.8 Å². The zero-order valence-electron chi connectivity index (χ0n) is 24.9. The zero-order valence-corrected chi connectivity index (χ0v) is 24.9. The molecule has 0 aliphatic carbocycles. The quantitative estimate of drug-likeness (QED) is 0.219. The maximum Gasteiger partial charge on any atom is 0.222 e. The fourth-order valence-electron chi connectivity index (χ4n) is 6.16. The Morgan fingerprint density at radius 2 is 1.31 bits per heavy atom. The normalized spacial score (nSPS) is 11.4. The van der Waals surface area contributed by atoms with Crippen molar-refractivity contribution >= 4 is 32.7 Å². The summed E-state index contributed by atoms with van der Waals surface area (Å²) in [6.45, 7) is 3.93. The number of hydrogen-bond donors (Lipinski definition) is 1. The number of phenolic OH excluding ortho intramolecular Hbond substituents is 1. The molecule has 0 saturated heterocycles. The minimum absolute atomic E-state index is 0.143. The lowest BCUT2D eigenvalue weighted by molar-refractivity contribution is 0.457. The molecule has 0 atom stereocenters. The number of rotatable bonds is 5. The Hall–Kier alpha value is -5.94. The number of nitrogens with zero attached hydrogens (tertiary/aromatic N) is 3. The molecule has 0 amide bonds. The van der Waals surface area contributed by atoms with Gasteiger partial charge >= 0.3 is 0 Å². The summed E-state index contributed by atoms with van der Waals surface area (Å²) >= 11 is 0. The summed E-state index contributed by atoms with van der Waals surface area (Å²) in [4.78, 5) is 9.95. The Labute approximate surface area is 260 Å². The molecule has 1 N–H and O–H groups in total. The molecule has 0 unspecified atom stereocenters. The van der Waals surface area contributed by atoms with Gasteiger partial charge in [0, 0.05) is 33.4 Å². The molecule has 3 aromatic heterocycles. The number of aryl methyl sites for hydroxylation is 2. The summed E-state index contributed by atoms with van der Waals surface area (Å²) in [5.41, 5.74) is 8.58.